The highest BCUT2D eigenvalue weighted by molar-refractivity contribution is 6.28. The summed E-state index contributed by atoms with van der Waals surface area (Å²) >= 11 is 0. The van der Waals surface area contributed by atoms with Crippen LogP contribution in [0.2, 0.25) is 0 Å². The molecule has 1 fully saturated rings. The highest BCUT2D eigenvalue weighted by Gasteiger charge is 2.21. The summed E-state index contributed by atoms with van der Waals surface area (Å²) in [7, 11) is 0. The summed E-state index contributed by atoms with van der Waals surface area (Å²) in [5.41, 5.74) is 8.63. The first-order chi connectivity index (χ1) is 13.7. The van der Waals surface area contributed by atoms with Crippen LogP contribution < -0.4 is 10.5 Å². The number of para-hydroxylation sites is 1. The minimum atomic E-state index is -0.441. The van der Waals surface area contributed by atoms with E-state index in [4.69, 9.17) is 15.5 Å². The van der Waals surface area contributed by atoms with Crippen molar-refractivity contribution >= 4 is 11.6 Å². The fourth-order valence-electron chi connectivity index (χ4n) is 3.80. The summed E-state index contributed by atoms with van der Waals surface area (Å²) in [5, 5.41) is 0. The van der Waals surface area contributed by atoms with E-state index in [1.54, 1.807) is 0 Å². The molecule has 0 bridgehead atoms. The molecule has 2 aromatic rings. The second-order valence-electron chi connectivity index (χ2n) is 7.29. The van der Waals surface area contributed by atoms with Crippen molar-refractivity contribution in [1.82, 2.24) is 0 Å². The van der Waals surface area contributed by atoms with Gasteiger partial charge in [-0.2, -0.15) is 0 Å². The normalized spacial score (nSPS) is 18.6. The molecule has 4 rings (SSSR count). The van der Waals surface area contributed by atoms with Gasteiger partial charge in [-0.25, -0.2) is 0 Å². The molecule has 1 aliphatic carbocycles. The van der Waals surface area contributed by atoms with Crippen molar-refractivity contribution in [2.75, 3.05) is 0 Å². The molecule has 28 heavy (non-hydrogen) atoms. The van der Waals surface area contributed by atoms with Gasteiger partial charge in [0.05, 0.1) is 11.3 Å². The molecule has 0 radical (unpaired) electrons. The van der Waals surface area contributed by atoms with Crippen molar-refractivity contribution < 1.29 is 9.53 Å². The molecule has 0 unspecified atom stereocenters. The first kappa shape index (κ1) is 18.2. The van der Waals surface area contributed by atoms with Crippen molar-refractivity contribution in [3.05, 3.63) is 83.6 Å². The third kappa shape index (κ3) is 4.22. The number of benzene rings is 2. The molecule has 1 aliphatic heterocycles. The van der Waals surface area contributed by atoms with Gasteiger partial charge in [0.25, 0.3) is 5.91 Å². The Morgan fingerprint density at radius 3 is 2.36 bits per heavy atom. The van der Waals surface area contributed by atoms with Gasteiger partial charge in [-0.05, 0) is 55.2 Å². The zero-order chi connectivity index (χ0) is 19.3. The Bertz CT molecular complexity index is 934. The quantitative estimate of drug-likeness (QED) is 0.788. The second-order valence-corrected chi connectivity index (χ2v) is 7.29. The highest BCUT2D eigenvalue weighted by atomic mass is 16.5. The Balaban J connectivity index is 1.59. The fraction of sp³-hybridized carbons (Fsp3) is 0.250. The maximum absolute atomic E-state index is 11.9. The van der Waals surface area contributed by atoms with Gasteiger partial charge < -0.3 is 10.5 Å². The smallest absolute Gasteiger partial charge is 0.250 e. The predicted octanol–water partition coefficient (Wildman–Crippen LogP) is 5.16. The molecule has 2 N–H and O–H groups in total. The lowest BCUT2D eigenvalue weighted by Crippen LogP contribution is -2.23. The second kappa shape index (κ2) is 8.26. The molecule has 0 saturated heterocycles. The average molecular weight is 372 g/mol. The van der Waals surface area contributed by atoms with Crippen molar-refractivity contribution in [3.63, 3.8) is 0 Å². The zero-order valence-corrected chi connectivity index (χ0v) is 15.8. The Hall–Kier alpha value is -3.14. The number of rotatable bonds is 5. The minimum Gasteiger partial charge on any atom is -0.457 e. The molecular formula is C24H24N2O2. The van der Waals surface area contributed by atoms with E-state index in [1.807, 2.05) is 60.7 Å². The topological polar surface area (TPSA) is 64.7 Å². The summed E-state index contributed by atoms with van der Waals surface area (Å²) < 4.78 is 5.85. The molecule has 1 heterocycles. The van der Waals surface area contributed by atoms with Gasteiger partial charge in [0.1, 0.15) is 11.5 Å². The fourth-order valence-corrected chi connectivity index (χ4v) is 3.80. The number of amides is 1. The van der Waals surface area contributed by atoms with Crippen LogP contribution in [0.5, 0.6) is 11.5 Å². The molecule has 0 atom stereocenters. The summed E-state index contributed by atoms with van der Waals surface area (Å²) in [4.78, 5) is 16.7. The molecular weight excluding hydrogens is 348 g/mol. The van der Waals surface area contributed by atoms with Gasteiger partial charge in [-0.1, -0.05) is 43.2 Å². The number of carbonyl (C=O) groups is 1. The van der Waals surface area contributed by atoms with Gasteiger partial charge in [0, 0.05) is 17.7 Å². The number of primary amides is 1. The molecule has 1 amide bonds. The van der Waals surface area contributed by atoms with Gasteiger partial charge >= 0.3 is 0 Å². The van der Waals surface area contributed by atoms with Crippen LogP contribution in [-0.2, 0) is 4.79 Å². The third-order valence-electron chi connectivity index (χ3n) is 5.23. The number of nitrogens with two attached hydrogens (primary N) is 1. The van der Waals surface area contributed by atoms with Gasteiger partial charge in [-0.15, -0.1) is 0 Å². The standard InChI is InChI=1S/C24H24N2O2/c25-24(27)22-15-12-19(16-17-6-4-5-7-17)26-23(22)18-10-13-21(14-11-18)28-20-8-2-1-3-9-20/h1-3,8-11,13-17H,4-7,12H2,(H2,25,27)/b19-16-. The van der Waals surface area contributed by atoms with E-state index in [-0.39, 0.29) is 0 Å². The van der Waals surface area contributed by atoms with Crippen molar-refractivity contribution in [3.8, 4) is 11.5 Å². The number of hydrogen-bond acceptors (Lipinski definition) is 3. The molecule has 1 saturated carbocycles. The van der Waals surface area contributed by atoms with E-state index < -0.39 is 5.91 Å². The van der Waals surface area contributed by atoms with E-state index in [2.05, 4.69) is 6.08 Å². The Morgan fingerprint density at radius 1 is 1.00 bits per heavy atom. The molecule has 0 spiro atoms. The van der Waals surface area contributed by atoms with Crippen LogP contribution in [0.3, 0.4) is 0 Å². The van der Waals surface area contributed by atoms with Gasteiger partial charge in [-0.3, -0.25) is 9.79 Å². The highest BCUT2D eigenvalue weighted by Crippen LogP contribution is 2.30. The molecule has 2 aliphatic rings. The molecule has 4 nitrogen and oxygen atoms in total. The first-order valence-electron chi connectivity index (χ1n) is 9.82. The summed E-state index contributed by atoms with van der Waals surface area (Å²) in [6, 6.07) is 17.3. The number of dihydropyridines is 1. The number of aliphatic imine (C=N–C) groups is 1. The van der Waals surface area contributed by atoms with E-state index in [9.17, 15) is 4.79 Å². The number of hydrogen-bond donors (Lipinski definition) is 1. The van der Waals surface area contributed by atoms with Gasteiger partial charge in [0.2, 0.25) is 0 Å². The van der Waals surface area contributed by atoms with E-state index in [0.29, 0.717) is 23.6 Å². The van der Waals surface area contributed by atoms with E-state index in [0.717, 1.165) is 22.8 Å². The van der Waals surface area contributed by atoms with E-state index in [1.165, 1.54) is 25.7 Å². The van der Waals surface area contributed by atoms with Crippen LogP contribution in [0.1, 0.15) is 37.7 Å². The minimum absolute atomic E-state index is 0.441. The van der Waals surface area contributed by atoms with Crippen LogP contribution in [0.25, 0.3) is 0 Å². The predicted molar refractivity (Wildman–Crippen MR) is 111 cm³/mol. The summed E-state index contributed by atoms with van der Waals surface area (Å²) in [5.74, 6) is 1.68. The van der Waals surface area contributed by atoms with Gasteiger partial charge in [0.15, 0.2) is 0 Å². The van der Waals surface area contributed by atoms with E-state index >= 15 is 0 Å². The number of ether oxygens (including phenoxy) is 1. The molecule has 2 aromatic carbocycles. The lowest BCUT2D eigenvalue weighted by atomic mass is 9.96. The van der Waals surface area contributed by atoms with Crippen LogP contribution in [-0.4, -0.2) is 11.6 Å². The molecule has 142 valence electrons. The van der Waals surface area contributed by atoms with Crippen molar-refractivity contribution in [1.29, 1.82) is 0 Å². The zero-order valence-electron chi connectivity index (χ0n) is 15.8. The Kier molecular flexibility index (Phi) is 5.38. The van der Waals surface area contributed by atoms with Crippen LogP contribution in [0, 0.1) is 5.92 Å². The first-order valence-corrected chi connectivity index (χ1v) is 9.82. The number of nitrogens with zero attached hydrogens (tertiary/aromatic N) is 1. The number of carbonyl (C=O) groups excluding carboxylic acids is 1. The number of allylic oxidation sites excluding steroid dienone is 2. The van der Waals surface area contributed by atoms with Crippen molar-refractivity contribution in [2.45, 2.75) is 32.1 Å². The maximum atomic E-state index is 11.9. The largest absolute Gasteiger partial charge is 0.457 e. The summed E-state index contributed by atoms with van der Waals surface area (Å²) in [6.45, 7) is 0. The van der Waals surface area contributed by atoms with Crippen LogP contribution in [0.15, 0.2) is 83.0 Å². The Labute approximate surface area is 165 Å². The van der Waals surface area contributed by atoms with Crippen molar-refractivity contribution in [2.24, 2.45) is 16.6 Å². The maximum Gasteiger partial charge on any atom is 0.250 e. The Morgan fingerprint density at radius 2 is 1.68 bits per heavy atom. The third-order valence-corrected chi connectivity index (χ3v) is 5.23. The SMILES string of the molecule is NC(=O)C1=CC/C(=C/C2CCCC2)N=C1c1ccc(Oc2ccccc2)cc1. The average Bonchev–Trinajstić information content (AvgIpc) is 3.22. The molecule has 0 aromatic heterocycles. The van der Waals surface area contributed by atoms with Crippen LogP contribution >= 0.6 is 0 Å². The lowest BCUT2D eigenvalue weighted by molar-refractivity contribution is -0.114. The molecule has 4 heteroatoms. The monoisotopic (exact) mass is 372 g/mol. The van der Waals surface area contributed by atoms with Crippen LogP contribution in [0.4, 0.5) is 0 Å². The summed E-state index contributed by atoms with van der Waals surface area (Å²) in [6.07, 6.45) is 9.87. The lowest BCUT2D eigenvalue weighted by Gasteiger charge is -2.16.